The molecule has 146 valence electrons. The molecule has 0 aliphatic heterocycles. The molecular formula is C21H25N5OS. The van der Waals surface area contributed by atoms with Gasteiger partial charge in [-0.25, -0.2) is 0 Å². The van der Waals surface area contributed by atoms with Crippen molar-refractivity contribution in [1.82, 2.24) is 20.2 Å². The summed E-state index contributed by atoms with van der Waals surface area (Å²) in [6.07, 6.45) is 0. The fourth-order valence-electron chi connectivity index (χ4n) is 2.83. The van der Waals surface area contributed by atoms with E-state index in [2.05, 4.69) is 48.5 Å². The third-order valence-electron chi connectivity index (χ3n) is 4.67. The van der Waals surface area contributed by atoms with E-state index in [9.17, 15) is 4.79 Å². The zero-order valence-electron chi connectivity index (χ0n) is 16.8. The van der Waals surface area contributed by atoms with Gasteiger partial charge in [-0.2, -0.15) is 4.68 Å². The van der Waals surface area contributed by atoms with Crippen LogP contribution in [0, 0.1) is 13.8 Å². The Morgan fingerprint density at radius 1 is 1.07 bits per heavy atom. The quantitative estimate of drug-likeness (QED) is 0.621. The monoisotopic (exact) mass is 395 g/mol. The molecule has 0 saturated heterocycles. The Labute approximate surface area is 169 Å². The molecule has 28 heavy (non-hydrogen) atoms. The summed E-state index contributed by atoms with van der Waals surface area (Å²) in [7, 11) is 0. The van der Waals surface area contributed by atoms with E-state index in [1.165, 1.54) is 22.9 Å². The number of carbonyl (C=O) groups excluding carboxylic acids is 1. The van der Waals surface area contributed by atoms with Gasteiger partial charge in [-0.05, 0) is 72.0 Å². The van der Waals surface area contributed by atoms with E-state index in [0.717, 1.165) is 16.9 Å². The van der Waals surface area contributed by atoms with Gasteiger partial charge < -0.3 is 5.32 Å². The highest BCUT2D eigenvalue weighted by Gasteiger charge is 2.20. The van der Waals surface area contributed by atoms with Crippen LogP contribution in [0.25, 0.3) is 5.69 Å². The lowest BCUT2D eigenvalue weighted by Gasteiger charge is -2.16. The van der Waals surface area contributed by atoms with Crippen molar-refractivity contribution in [3.63, 3.8) is 0 Å². The first-order chi connectivity index (χ1) is 13.4. The predicted octanol–water partition coefficient (Wildman–Crippen LogP) is 4.52. The fourth-order valence-corrected chi connectivity index (χ4v) is 3.64. The average Bonchev–Trinajstić information content (AvgIpc) is 3.12. The fraction of sp³-hybridized carbons (Fsp3) is 0.333. The molecule has 2 aromatic carbocycles. The van der Waals surface area contributed by atoms with Gasteiger partial charge in [0.2, 0.25) is 11.1 Å². The van der Waals surface area contributed by atoms with Crippen molar-refractivity contribution >= 4 is 23.4 Å². The molecule has 0 unspecified atom stereocenters. The molecule has 1 amide bonds. The summed E-state index contributed by atoms with van der Waals surface area (Å²) in [5, 5.41) is 15.3. The van der Waals surface area contributed by atoms with Crippen molar-refractivity contribution in [1.29, 1.82) is 0 Å². The smallest absolute Gasteiger partial charge is 0.237 e. The van der Waals surface area contributed by atoms with E-state index in [1.807, 2.05) is 49.4 Å². The lowest BCUT2D eigenvalue weighted by molar-refractivity contribution is -0.115. The van der Waals surface area contributed by atoms with Crippen LogP contribution >= 0.6 is 11.8 Å². The SMILES string of the molecule is Cc1ccc(-n2nnnc2S[C@@H](C)C(=O)Nc2ccccc2C(C)C)cc1C. The van der Waals surface area contributed by atoms with Crippen LogP contribution in [0.5, 0.6) is 0 Å². The van der Waals surface area contributed by atoms with Gasteiger partial charge in [0.05, 0.1) is 10.9 Å². The van der Waals surface area contributed by atoms with E-state index >= 15 is 0 Å². The number of nitrogens with zero attached hydrogens (tertiary/aromatic N) is 4. The van der Waals surface area contributed by atoms with Crippen LogP contribution in [0.4, 0.5) is 5.69 Å². The molecule has 0 aliphatic rings. The summed E-state index contributed by atoms with van der Waals surface area (Å²) >= 11 is 1.34. The van der Waals surface area contributed by atoms with Crippen LogP contribution in [-0.4, -0.2) is 31.4 Å². The van der Waals surface area contributed by atoms with Gasteiger partial charge in [0.15, 0.2) is 0 Å². The first-order valence-electron chi connectivity index (χ1n) is 9.29. The minimum atomic E-state index is -0.350. The van der Waals surface area contributed by atoms with Crippen molar-refractivity contribution in [3.8, 4) is 5.69 Å². The molecular weight excluding hydrogens is 370 g/mol. The minimum absolute atomic E-state index is 0.0762. The molecule has 0 fully saturated rings. The molecule has 1 N–H and O–H groups in total. The zero-order chi connectivity index (χ0) is 20.3. The van der Waals surface area contributed by atoms with Gasteiger partial charge in [-0.1, -0.05) is 49.9 Å². The predicted molar refractivity (Wildman–Crippen MR) is 113 cm³/mol. The van der Waals surface area contributed by atoms with E-state index in [0.29, 0.717) is 11.1 Å². The van der Waals surface area contributed by atoms with Crippen molar-refractivity contribution in [2.24, 2.45) is 0 Å². The molecule has 0 radical (unpaired) electrons. The number of nitrogens with one attached hydrogen (secondary N) is 1. The normalized spacial score (nSPS) is 12.2. The number of benzene rings is 2. The van der Waals surface area contributed by atoms with Crippen molar-refractivity contribution in [3.05, 3.63) is 59.2 Å². The standard InChI is InChI=1S/C21H25N5OS/c1-13(2)18-8-6-7-9-19(18)22-20(27)16(5)28-21-23-24-25-26(21)17-11-10-14(3)15(4)12-17/h6-13,16H,1-5H3,(H,22,27)/t16-/m0/s1. The Hall–Kier alpha value is -2.67. The number of hydrogen-bond donors (Lipinski definition) is 1. The number of hydrogen-bond acceptors (Lipinski definition) is 5. The van der Waals surface area contributed by atoms with Gasteiger partial charge in [-0.3, -0.25) is 4.79 Å². The largest absolute Gasteiger partial charge is 0.325 e. The molecule has 1 aromatic heterocycles. The maximum absolute atomic E-state index is 12.8. The van der Waals surface area contributed by atoms with E-state index in [-0.39, 0.29) is 11.2 Å². The van der Waals surface area contributed by atoms with Gasteiger partial charge in [-0.15, -0.1) is 5.10 Å². The summed E-state index contributed by atoms with van der Waals surface area (Å²) in [4.78, 5) is 12.8. The van der Waals surface area contributed by atoms with Crippen LogP contribution in [-0.2, 0) is 4.79 Å². The molecule has 1 heterocycles. The van der Waals surface area contributed by atoms with Crippen LogP contribution in [0.15, 0.2) is 47.6 Å². The topological polar surface area (TPSA) is 72.7 Å². The first kappa shape index (κ1) is 20.1. The van der Waals surface area contributed by atoms with Crippen LogP contribution in [0.2, 0.25) is 0 Å². The van der Waals surface area contributed by atoms with Gasteiger partial charge >= 0.3 is 0 Å². The summed E-state index contributed by atoms with van der Waals surface area (Å²) in [6, 6.07) is 14.0. The molecule has 3 rings (SSSR count). The van der Waals surface area contributed by atoms with Crippen LogP contribution in [0.3, 0.4) is 0 Å². The summed E-state index contributed by atoms with van der Waals surface area (Å²) in [6.45, 7) is 10.2. The highest BCUT2D eigenvalue weighted by molar-refractivity contribution is 8.00. The first-order valence-corrected chi connectivity index (χ1v) is 10.2. The highest BCUT2D eigenvalue weighted by Crippen LogP contribution is 2.27. The maximum Gasteiger partial charge on any atom is 0.237 e. The summed E-state index contributed by atoms with van der Waals surface area (Å²) < 4.78 is 1.67. The maximum atomic E-state index is 12.8. The van der Waals surface area contributed by atoms with Crippen molar-refractivity contribution in [2.45, 2.75) is 50.9 Å². The Morgan fingerprint density at radius 3 is 2.54 bits per heavy atom. The number of aromatic nitrogens is 4. The van der Waals surface area contributed by atoms with Crippen molar-refractivity contribution in [2.75, 3.05) is 5.32 Å². The lowest BCUT2D eigenvalue weighted by Crippen LogP contribution is -2.23. The Balaban J connectivity index is 1.75. The number of tetrazole rings is 1. The minimum Gasteiger partial charge on any atom is -0.325 e. The number of thioether (sulfide) groups is 1. The number of rotatable bonds is 6. The number of amides is 1. The second kappa shape index (κ2) is 8.56. The summed E-state index contributed by atoms with van der Waals surface area (Å²) in [5.74, 6) is 0.254. The Kier molecular flexibility index (Phi) is 6.14. The molecule has 3 aromatic rings. The third kappa shape index (κ3) is 4.42. The van der Waals surface area contributed by atoms with E-state index in [1.54, 1.807) is 4.68 Å². The number of para-hydroxylation sites is 1. The Bertz CT molecular complexity index is 982. The molecule has 1 atom stereocenters. The molecule has 7 heteroatoms. The number of aryl methyl sites for hydroxylation is 2. The highest BCUT2D eigenvalue weighted by atomic mass is 32.2. The summed E-state index contributed by atoms with van der Waals surface area (Å²) in [5.41, 5.74) is 5.23. The molecule has 0 spiro atoms. The van der Waals surface area contributed by atoms with Gasteiger partial charge in [0.25, 0.3) is 0 Å². The molecule has 6 nitrogen and oxygen atoms in total. The lowest BCUT2D eigenvalue weighted by atomic mass is 10.0. The number of anilines is 1. The third-order valence-corrected chi connectivity index (χ3v) is 5.70. The van der Waals surface area contributed by atoms with Gasteiger partial charge in [0.1, 0.15) is 0 Å². The van der Waals surface area contributed by atoms with Crippen LogP contribution in [0.1, 0.15) is 43.4 Å². The second-order valence-electron chi connectivity index (χ2n) is 7.13. The average molecular weight is 396 g/mol. The molecule has 0 bridgehead atoms. The van der Waals surface area contributed by atoms with E-state index in [4.69, 9.17) is 0 Å². The number of carbonyl (C=O) groups is 1. The van der Waals surface area contributed by atoms with Crippen LogP contribution < -0.4 is 5.32 Å². The second-order valence-corrected chi connectivity index (χ2v) is 8.44. The Morgan fingerprint density at radius 2 is 1.82 bits per heavy atom. The molecule has 0 saturated carbocycles. The molecule has 0 aliphatic carbocycles. The van der Waals surface area contributed by atoms with E-state index < -0.39 is 0 Å². The van der Waals surface area contributed by atoms with Crippen molar-refractivity contribution < 1.29 is 4.79 Å². The zero-order valence-corrected chi connectivity index (χ0v) is 17.6. The van der Waals surface area contributed by atoms with Gasteiger partial charge in [0, 0.05) is 5.69 Å².